The molecule has 2 N–H and O–H groups in total. The standard InChI is InChI=1S/C24H34F3N3O5S/c1-5-6-20(30(22(32)33)23(2,3)4)21(31)28-19-12-7-15-13-29(14-18(15)19)36(34,35)17-10-8-16(9-11-17)24(25,26)27/h8-11,15,18-20H,5-7,12-14H2,1-4H3,(H,28,31)(H,32,33)/t15-,18+,19+,20-/m0/s1. The summed E-state index contributed by atoms with van der Waals surface area (Å²) in [5.41, 5.74) is -1.71. The van der Waals surface area contributed by atoms with Crippen LogP contribution < -0.4 is 5.32 Å². The summed E-state index contributed by atoms with van der Waals surface area (Å²) >= 11 is 0. The zero-order valence-electron chi connectivity index (χ0n) is 20.9. The lowest BCUT2D eigenvalue weighted by Gasteiger charge is -2.39. The largest absolute Gasteiger partial charge is 0.465 e. The Bertz CT molecular complexity index is 1070. The number of hydrogen-bond donors (Lipinski definition) is 2. The second-order valence-corrected chi connectivity index (χ2v) is 12.5. The molecule has 1 heterocycles. The SMILES string of the molecule is CCC[C@@H](C(=O)N[C@@H]1CC[C@H]2CN(S(=O)(=O)c3ccc(C(F)(F)F)cc3)C[C@H]21)N(C(=O)O)C(C)(C)C. The predicted octanol–water partition coefficient (Wildman–Crippen LogP) is 4.17. The Hall–Kier alpha value is -2.34. The van der Waals surface area contributed by atoms with Crippen molar-refractivity contribution in [2.45, 2.75) is 82.1 Å². The molecule has 2 fully saturated rings. The van der Waals surface area contributed by atoms with Crippen molar-refractivity contribution in [1.82, 2.24) is 14.5 Å². The van der Waals surface area contributed by atoms with Crippen LogP contribution in [0.4, 0.5) is 18.0 Å². The predicted molar refractivity (Wildman–Crippen MR) is 127 cm³/mol. The first kappa shape index (κ1) is 28.2. The first-order chi connectivity index (χ1) is 16.6. The molecule has 1 aliphatic carbocycles. The number of alkyl halides is 3. The lowest BCUT2D eigenvalue weighted by atomic mass is 9.96. The maximum atomic E-state index is 13.2. The average Bonchev–Trinajstić information content (AvgIpc) is 3.34. The number of fused-ring (bicyclic) bond motifs is 1. The molecule has 1 saturated heterocycles. The van der Waals surface area contributed by atoms with Crippen LogP contribution in [0.15, 0.2) is 29.2 Å². The van der Waals surface area contributed by atoms with E-state index >= 15 is 0 Å². The smallest absolute Gasteiger partial charge is 0.416 e. The van der Waals surface area contributed by atoms with E-state index in [1.54, 1.807) is 20.8 Å². The normalized spacial score (nSPS) is 23.8. The van der Waals surface area contributed by atoms with Gasteiger partial charge in [-0.05, 0) is 76.1 Å². The molecule has 3 rings (SSSR count). The minimum Gasteiger partial charge on any atom is -0.465 e. The Labute approximate surface area is 209 Å². The summed E-state index contributed by atoms with van der Waals surface area (Å²) in [7, 11) is -4.00. The van der Waals surface area contributed by atoms with Crippen molar-refractivity contribution >= 4 is 22.0 Å². The van der Waals surface area contributed by atoms with E-state index in [1.165, 1.54) is 4.31 Å². The highest BCUT2D eigenvalue weighted by Crippen LogP contribution is 2.40. The molecule has 2 aliphatic rings. The highest BCUT2D eigenvalue weighted by atomic mass is 32.2. The Balaban J connectivity index is 1.73. The number of nitrogens with zero attached hydrogens (tertiary/aromatic N) is 2. The Morgan fingerprint density at radius 3 is 2.25 bits per heavy atom. The maximum Gasteiger partial charge on any atom is 0.416 e. The van der Waals surface area contributed by atoms with Crippen molar-refractivity contribution in [1.29, 1.82) is 0 Å². The van der Waals surface area contributed by atoms with Gasteiger partial charge >= 0.3 is 12.3 Å². The van der Waals surface area contributed by atoms with Gasteiger partial charge in [-0.1, -0.05) is 13.3 Å². The van der Waals surface area contributed by atoms with Gasteiger partial charge < -0.3 is 10.4 Å². The van der Waals surface area contributed by atoms with E-state index in [0.717, 1.165) is 29.2 Å². The molecule has 0 radical (unpaired) electrons. The topological polar surface area (TPSA) is 107 Å². The van der Waals surface area contributed by atoms with Crippen LogP contribution in [0.5, 0.6) is 0 Å². The third-order valence-electron chi connectivity index (χ3n) is 7.08. The van der Waals surface area contributed by atoms with Crippen LogP contribution in [0.2, 0.25) is 0 Å². The number of carbonyl (C=O) groups excluding carboxylic acids is 1. The third kappa shape index (κ3) is 5.80. The summed E-state index contributed by atoms with van der Waals surface area (Å²) < 4.78 is 66.1. The van der Waals surface area contributed by atoms with Gasteiger partial charge in [0.15, 0.2) is 0 Å². The number of sulfonamides is 1. The fraction of sp³-hybridized carbons (Fsp3) is 0.667. The molecule has 1 aliphatic heterocycles. The van der Waals surface area contributed by atoms with Gasteiger partial charge in [-0.15, -0.1) is 0 Å². The van der Waals surface area contributed by atoms with Crippen molar-refractivity contribution in [3.8, 4) is 0 Å². The first-order valence-corrected chi connectivity index (χ1v) is 13.5. The van der Waals surface area contributed by atoms with Crippen LogP contribution in [0, 0.1) is 11.8 Å². The number of amides is 2. The Morgan fingerprint density at radius 1 is 1.14 bits per heavy atom. The average molecular weight is 534 g/mol. The molecule has 4 atom stereocenters. The van der Waals surface area contributed by atoms with Crippen LogP contribution in [-0.4, -0.2) is 65.4 Å². The molecule has 0 bridgehead atoms. The number of hydrogen-bond acceptors (Lipinski definition) is 4. The number of carbonyl (C=O) groups is 2. The van der Waals surface area contributed by atoms with E-state index in [1.807, 2.05) is 6.92 Å². The van der Waals surface area contributed by atoms with Crippen LogP contribution >= 0.6 is 0 Å². The van der Waals surface area contributed by atoms with Gasteiger partial charge in [0, 0.05) is 24.7 Å². The fourth-order valence-electron chi connectivity index (χ4n) is 5.38. The second kappa shape index (κ2) is 10.2. The summed E-state index contributed by atoms with van der Waals surface area (Å²) in [6.07, 6.45) is -3.45. The molecule has 0 unspecified atom stereocenters. The van der Waals surface area contributed by atoms with E-state index in [0.29, 0.717) is 25.7 Å². The van der Waals surface area contributed by atoms with E-state index in [2.05, 4.69) is 5.32 Å². The van der Waals surface area contributed by atoms with Gasteiger partial charge in [0.2, 0.25) is 15.9 Å². The molecule has 8 nitrogen and oxygen atoms in total. The van der Waals surface area contributed by atoms with Gasteiger partial charge in [-0.25, -0.2) is 13.2 Å². The number of benzene rings is 1. The van der Waals surface area contributed by atoms with Crippen LogP contribution in [0.3, 0.4) is 0 Å². The van der Waals surface area contributed by atoms with Gasteiger partial charge in [0.05, 0.1) is 10.5 Å². The van der Waals surface area contributed by atoms with Gasteiger partial charge in [0.25, 0.3) is 0 Å². The minimum absolute atomic E-state index is 0.00217. The number of carboxylic acid groups (broad SMARTS) is 1. The van der Waals surface area contributed by atoms with Crippen LogP contribution in [-0.2, 0) is 21.0 Å². The molecule has 2 amide bonds. The van der Waals surface area contributed by atoms with Crippen LogP contribution in [0.1, 0.15) is 58.9 Å². The molecule has 1 aromatic rings. The van der Waals surface area contributed by atoms with Crippen molar-refractivity contribution in [2.24, 2.45) is 11.8 Å². The summed E-state index contributed by atoms with van der Waals surface area (Å²) in [6, 6.07) is 2.25. The van der Waals surface area contributed by atoms with Crippen molar-refractivity contribution < 1.29 is 36.3 Å². The van der Waals surface area contributed by atoms with Crippen molar-refractivity contribution in [3.05, 3.63) is 29.8 Å². The van der Waals surface area contributed by atoms with Crippen molar-refractivity contribution in [2.75, 3.05) is 13.1 Å². The molecule has 12 heteroatoms. The molecule has 36 heavy (non-hydrogen) atoms. The van der Waals surface area contributed by atoms with E-state index in [9.17, 15) is 36.3 Å². The fourth-order valence-corrected chi connectivity index (χ4v) is 6.92. The molecule has 1 saturated carbocycles. The first-order valence-electron chi connectivity index (χ1n) is 12.1. The minimum atomic E-state index is -4.56. The summed E-state index contributed by atoms with van der Waals surface area (Å²) in [5, 5.41) is 12.8. The monoisotopic (exact) mass is 533 g/mol. The Kier molecular flexibility index (Phi) is 8.00. The van der Waals surface area contributed by atoms with Gasteiger partial charge in [-0.3, -0.25) is 9.69 Å². The van der Waals surface area contributed by atoms with Gasteiger partial charge in [0.1, 0.15) is 6.04 Å². The lowest BCUT2D eigenvalue weighted by Crippen LogP contribution is -2.58. The quantitative estimate of drug-likeness (QED) is 0.547. The molecular formula is C24H34F3N3O5S. The van der Waals surface area contributed by atoms with Gasteiger partial charge in [-0.2, -0.15) is 17.5 Å². The molecule has 1 aromatic carbocycles. The van der Waals surface area contributed by atoms with Crippen LogP contribution in [0.25, 0.3) is 0 Å². The summed E-state index contributed by atoms with van der Waals surface area (Å²) in [5.74, 6) is -0.556. The highest BCUT2D eigenvalue weighted by molar-refractivity contribution is 7.89. The summed E-state index contributed by atoms with van der Waals surface area (Å²) in [4.78, 5) is 26.2. The molecular weight excluding hydrogens is 499 g/mol. The zero-order chi connectivity index (χ0) is 27.1. The summed E-state index contributed by atoms with van der Waals surface area (Å²) in [6.45, 7) is 7.41. The van der Waals surface area contributed by atoms with E-state index < -0.39 is 45.3 Å². The molecule has 202 valence electrons. The lowest BCUT2D eigenvalue weighted by molar-refractivity contribution is -0.137. The molecule has 0 spiro atoms. The van der Waals surface area contributed by atoms with E-state index in [-0.39, 0.29) is 35.9 Å². The zero-order valence-corrected chi connectivity index (χ0v) is 21.7. The number of nitrogens with one attached hydrogen (secondary N) is 1. The number of rotatable bonds is 7. The van der Waals surface area contributed by atoms with E-state index in [4.69, 9.17) is 0 Å². The maximum absolute atomic E-state index is 13.2. The second-order valence-electron chi connectivity index (χ2n) is 10.6. The third-order valence-corrected chi connectivity index (χ3v) is 8.92. The highest BCUT2D eigenvalue weighted by Gasteiger charge is 2.48. The molecule has 0 aromatic heterocycles. The Morgan fingerprint density at radius 2 is 1.75 bits per heavy atom. The number of halogens is 3. The van der Waals surface area contributed by atoms with Crippen molar-refractivity contribution in [3.63, 3.8) is 0 Å².